The zero-order valence-corrected chi connectivity index (χ0v) is 17.6. The number of nitrogens with one attached hydrogen (secondary N) is 2. The standard InChI is InChI=1S/C20H18F3N5O2S/c1-10(2)28-15-7-4-11(17(29)24-3)8-14(15)25-18(28)27-19-26-13-6-5-12(9-16(13)31-19)30-20(21,22)23/h4-10H,1-3H3,(H,24,29)(H,25,26,27). The van der Waals surface area contributed by atoms with E-state index < -0.39 is 6.36 Å². The number of halogens is 3. The Kier molecular flexibility index (Phi) is 5.21. The first kappa shape index (κ1) is 20.9. The molecule has 0 fully saturated rings. The van der Waals surface area contributed by atoms with E-state index in [1.807, 2.05) is 24.5 Å². The maximum Gasteiger partial charge on any atom is 0.573 e. The highest BCUT2D eigenvalue weighted by molar-refractivity contribution is 7.22. The lowest BCUT2D eigenvalue weighted by Crippen LogP contribution is -2.17. The molecule has 2 aromatic carbocycles. The van der Waals surface area contributed by atoms with Crippen molar-refractivity contribution in [2.45, 2.75) is 26.3 Å². The fourth-order valence-electron chi connectivity index (χ4n) is 3.25. The van der Waals surface area contributed by atoms with Gasteiger partial charge in [0.15, 0.2) is 5.13 Å². The maximum absolute atomic E-state index is 12.5. The number of alkyl halides is 3. The molecule has 11 heteroatoms. The van der Waals surface area contributed by atoms with Gasteiger partial charge in [0, 0.05) is 24.7 Å². The second-order valence-electron chi connectivity index (χ2n) is 7.00. The fraction of sp³-hybridized carbons (Fsp3) is 0.250. The SMILES string of the molecule is CNC(=O)c1ccc2c(c1)nc(Nc1nc3ccc(OC(F)(F)F)cc3s1)n2C(C)C. The van der Waals surface area contributed by atoms with Crippen LogP contribution in [-0.4, -0.2) is 33.9 Å². The van der Waals surface area contributed by atoms with Crippen molar-refractivity contribution in [1.82, 2.24) is 19.9 Å². The van der Waals surface area contributed by atoms with Crippen LogP contribution in [0.25, 0.3) is 21.3 Å². The molecule has 2 aromatic heterocycles. The summed E-state index contributed by atoms with van der Waals surface area (Å²) in [4.78, 5) is 21.0. The summed E-state index contributed by atoms with van der Waals surface area (Å²) in [5, 5.41) is 6.22. The van der Waals surface area contributed by atoms with Crippen molar-refractivity contribution in [3.8, 4) is 5.75 Å². The number of ether oxygens (including phenoxy) is 1. The number of amides is 1. The number of carbonyl (C=O) groups excluding carboxylic acids is 1. The molecule has 1 amide bonds. The minimum atomic E-state index is -4.75. The molecule has 4 rings (SSSR count). The van der Waals surface area contributed by atoms with Crippen molar-refractivity contribution in [1.29, 1.82) is 0 Å². The number of hydrogen-bond donors (Lipinski definition) is 2. The molecule has 0 saturated carbocycles. The first-order chi connectivity index (χ1) is 14.6. The van der Waals surface area contributed by atoms with Crippen LogP contribution in [0.4, 0.5) is 24.3 Å². The largest absolute Gasteiger partial charge is 0.573 e. The molecular formula is C20H18F3N5O2S. The highest BCUT2D eigenvalue weighted by atomic mass is 32.1. The minimum absolute atomic E-state index is 0.0551. The monoisotopic (exact) mass is 449 g/mol. The van der Waals surface area contributed by atoms with E-state index in [2.05, 4.69) is 25.3 Å². The van der Waals surface area contributed by atoms with E-state index in [0.29, 0.717) is 32.4 Å². The third-order valence-corrected chi connectivity index (χ3v) is 5.44. The second-order valence-corrected chi connectivity index (χ2v) is 8.03. The highest BCUT2D eigenvalue weighted by Crippen LogP contribution is 2.34. The lowest BCUT2D eigenvalue weighted by atomic mass is 10.2. The van der Waals surface area contributed by atoms with Crippen molar-refractivity contribution in [3.63, 3.8) is 0 Å². The van der Waals surface area contributed by atoms with Gasteiger partial charge in [0.25, 0.3) is 5.91 Å². The summed E-state index contributed by atoms with van der Waals surface area (Å²) >= 11 is 1.19. The van der Waals surface area contributed by atoms with E-state index >= 15 is 0 Å². The van der Waals surface area contributed by atoms with Gasteiger partial charge in [0.05, 0.1) is 21.3 Å². The molecule has 0 aliphatic heterocycles. The van der Waals surface area contributed by atoms with Crippen LogP contribution in [0.2, 0.25) is 0 Å². The van der Waals surface area contributed by atoms with E-state index in [1.165, 1.54) is 29.5 Å². The third-order valence-electron chi connectivity index (χ3n) is 4.51. The third kappa shape index (κ3) is 4.26. The van der Waals surface area contributed by atoms with Crippen LogP contribution in [0, 0.1) is 0 Å². The van der Waals surface area contributed by atoms with E-state index in [0.717, 1.165) is 5.52 Å². The Morgan fingerprint density at radius 1 is 1.13 bits per heavy atom. The van der Waals surface area contributed by atoms with Crippen LogP contribution in [0.15, 0.2) is 36.4 Å². The number of nitrogens with zero attached hydrogens (tertiary/aromatic N) is 3. The van der Waals surface area contributed by atoms with Gasteiger partial charge in [-0.3, -0.25) is 4.79 Å². The van der Waals surface area contributed by atoms with Gasteiger partial charge in [0.2, 0.25) is 5.95 Å². The molecule has 0 bridgehead atoms. The number of aromatic nitrogens is 3. The van der Waals surface area contributed by atoms with E-state index in [-0.39, 0.29) is 17.7 Å². The molecule has 162 valence electrons. The van der Waals surface area contributed by atoms with Gasteiger partial charge in [-0.25, -0.2) is 9.97 Å². The predicted molar refractivity (Wildman–Crippen MR) is 113 cm³/mol. The quantitative estimate of drug-likeness (QED) is 0.436. The van der Waals surface area contributed by atoms with Crippen LogP contribution in [0.1, 0.15) is 30.2 Å². The van der Waals surface area contributed by atoms with Gasteiger partial charge in [-0.1, -0.05) is 11.3 Å². The van der Waals surface area contributed by atoms with Gasteiger partial charge < -0.3 is 19.9 Å². The molecule has 4 aromatic rings. The van der Waals surface area contributed by atoms with Crippen molar-refractivity contribution in [3.05, 3.63) is 42.0 Å². The van der Waals surface area contributed by atoms with Gasteiger partial charge >= 0.3 is 6.36 Å². The normalized spacial score (nSPS) is 12.0. The van der Waals surface area contributed by atoms with Crippen LogP contribution < -0.4 is 15.4 Å². The van der Waals surface area contributed by atoms with Crippen molar-refractivity contribution in [2.75, 3.05) is 12.4 Å². The molecule has 2 heterocycles. The lowest BCUT2D eigenvalue weighted by molar-refractivity contribution is -0.274. The second kappa shape index (κ2) is 7.73. The Balaban J connectivity index is 1.70. The Morgan fingerprint density at radius 3 is 2.58 bits per heavy atom. The average Bonchev–Trinajstić information content (AvgIpc) is 3.25. The van der Waals surface area contributed by atoms with Crippen LogP contribution in [0.5, 0.6) is 5.75 Å². The molecule has 0 spiro atoms. The summed E-state index contributed by atoms with van der Waals surface area (Å²) in [6, 6.07) is 9.31. The van der Waals surface area contributed by atoms with E-state index in [1.54, 1.807) is 19.2 Å². The number of anilines is 2. The van der Waals surface area contributed by atoms with E-state index in [4.69, 9.17) is 0 Å². The molecular weight excluding hydrogens is 431 g/mol. The highest BCUT2D eigenvalue weighted by Gasteiger charge is 2.31. The molecule has 0 radical (unpaired) electrons. The van der Waals surface area contributed by atoms with Gasteiger partial charge in [-0.2, -0.15) is 0 Å². The lowest BCUT2D eigenvalue weighted by Gasteiger charge is -2.13. The van der Waals surface area contributed by atoms with Crippen LogP contribution >= 0.6 is 11.3 Å². The summed E-state index contributed by atoms with van der Waals surface area (Å²) in [7, 11) is 1.56. The van der Waals surface area contributed by atoms with Gasteiger partial charge in [-0.15, -0.1) is 13.2 Å². The number of benzene rings is 2. The van der Waals surface area contributed by atoms with E-state index in [9.17, 15) is 18.0 Å². The van der Waals surface area contributed by atoms with Crippen molar-refractivity contribution < 1.29 is 22.7 Å². The first-order valence-corrected chi connectivity index (χ1v) is 10.1. The number of thiazole rings is 1. The number of hydrogen-bond acceptors (Lipinski definition) is 6. The summed E-state index contributed by atoms with van der Waals surface area (Å²) in [5.41, 5.74) is 2.51. The molecule has 0 aliphatic rings. The van der Waals surface area contributed by atoms with Gasteiger partial charge in [-0.05, 0) is 44.2 Å². The Labute approximate surface area is 178 Å². The van der Waals surface area contributed by atoms with Crippen LogP contribution in [-0.2, 0) is 0 Å². The topological polar surface area (TPSA) is 81.1 Å². The number of carbonyl (C=O) groups is 1. The summed E-state index contributed by atoms with van der Waals surface area (Å²) < 4.78 is 43.9. The first-order valence-electron chi connectivity index (χ1n) is 9.32. The number of rotatable bonds is 5. The molecule has 0 atom stereocenters. The van der Waals surface area contributed by atoms with Crippen molar-refractivity contribution >= 4 is 49.6 Å². The zero-order valence-electron chi connectivity index (χ0n) is 16.7. The Hall–Kier alpha value is -3.34. The Morgan fingerprint density at radius 2 is 1.90 bits per heavy atom. The number of fused-ring (bicyclic) bond motifs is 2. The smallest absolute Gasteiger partial charge is 0.406 e. The minimum Gasteiger partial charge on any atom is -0.406 e. The summed E-state index contributed by atoms with van der Waals surface area (Å²) in [6.45, 7) is 4.00. The fourth-order valence-corrected chi connectivity index (χ4v) is 4.13. The maximum atomic E-state index is 12.5. The number of imidazole rings is 1. The molecule has 0 aliphatic carbocycles. The molecule has 0 unspecified atom stereocenters. The molecule has 0 saturated heterocycles. The molecule has 31 heavy (non-hydrogen) atoms. The van der Waals surface area contributed by atoms with Crippen LogP contribution in [0.3, 0.4) is 0 Å². The van der Waals surface area contributed by atoms with Crippen molar-refractivity contribution in [2.24, 2.45) is 0 Å². The van der Waals surface area contributed by atoms with Gasteiger partial charge in [0.1, 0.15) is 5.75 Å². The summed E-state index contributed by atoms with van der Waals surface area (Å²) in [6.07, 6.45) is -4.75. The summed E-state index contributed by atoms with van der Waals surface area (Å²) in [5.74, 6) is 0.00906. The molecule has 2 N–H and O–H groups in total. The molecule has 7 nitrogen and oxygen atoms in total. The predicted octanol–water partition coefficient (Wildman–Crippen LogP) is 5.23. The average molecular weight is 449 g/mol. The Bertz CT molecular complexity index is 1280. The zero-order chi connectivity index (χ0) is 22.3.